The molecule has 5 heteroatoms. The van der Waals surface area contributed by atoms with Gasteiger partial charge in [-0.3, -0.25) is 0 Å². The minimum atomic E-state index is 0.599. The highest BCUT2D eigenvalue weighted by atomic mass is 79.9. The van der Waals surface area contributed by atoms with E-state index >= 15 is 0 Å². The summed E-state index contributed by atoms with van der Waals surface area (Å²) >= 11 is 3.43. The molecule has 1 aromatic heterocycles. The summed E-state index contributed by atoms with van der Waals surface area (Å²) in [6.45, 7) is 3.67. The van der Waals surface area contributed by atoms with Crippen molar-refractivity contribution in [2.45, 2.75) is 13.5 Å². The Hall–Kier alpha value is -1.59. The van der Waals surface area contributed by atoms with Gasteiger partial charge in [0.1, 0.15) is 11.5 Å². The van der Waals surface area contributed by atoms with Gasteiger partial charge in [-0.05, 0) is 40.7 Å². The summed E-state index contributed by atoms with van der Waals surface area (Å²) < 4.78 is 12.0. The van der Waals surface area contributed by atoms with Crippen molar-refractivity contribution in [3.8, 4) is 17.4 Å². The Morgan fingerprint density at radius 1 is 1.25 bits per heavy atom. The summed E-state index contributed by atoms with van der Waals surface area (Å²) in [4.78, 5) is 4.33. The van der Waals surface area contributed by atoms with Gasteiger partial charge >= 0.3 is 0 Å². The van der Waals surface area contributed by atoms with Crippen LogP contribution in [0.2, 0.25) is 0 Å². The predicted molar refractivity (Wildman–Crippen MR) is 82.4 cm³/mol. The van der Waals surface area contributed by atoms with E-state index in [4.69, 9.17) is 9.47 Å². The van der Waals surface area contributed by atoms with E-state index in [1.807, 2.05) is 30.3 Å². The fourth-order valence-corrected chi connectivity index (χ4v) is 2.10. The smallest absolute Gasteiger partial charge is 0.223 e. The topological polar surface area (TPSA) is 43.4 Å². The van der Waals surface area contributed by atoms with E-state index in [2.05, 4.69) is 33.2 Å². The van der Waals surface area contributed by atoms with Crippen LogP contribution in [0.25, 0.3) is 0 Å². The van der Waals surface area contributed by atoms with Crippen molar-refractivity contribution >= 4 is 15.9 Å². The zero-order chi connectivity index (χ0) is 14.4. The maximum Gasteiger partial charge on any atom is 0.223 e. The Balaban J connectivity index is 2.22. The van der Waals surface area contributed by atoms with Gasteiger partial charge in [0, 0.05) is 28.8 Å². The molecule has 2 aromatic rings. The van der Waals surface area contributed by atoms with Crippen LogP contribution in [0.4, 0.5) is 0 Å². The molecule has 0 radical (unpaired) electrons. The minimum absolute atomic E-state index is 0.599. The second-order valence-electron chi connectivity index (χ2n) is 4.18. The van der Waals surface area contributed by atoms with Crippen molar-refractivity contribution in [1.29, 1.82) is 0 Å². The first-order valence-electron chi connectivity index (χ1n) is 6.40. The summed E-state index contributed by atoms with van der Waals surface area (Å²) in [5.41, 5.74) is 1.00. The van der Waals surface area contributed by atoms with Gasteiger partial charge < -0.3 is 14.8 Å². The van der Waals surface area contributed by atoms with Crippen molar-refractivity contribution in [3.63, 3.8) is 0 Å². The number of nitrogens with one attached hydrogen (secondary N) is 1. The van der Waals surface area contributed by atoms with Crippen molar-refractivity contribution in [2.24, 2.45) is 0 Å². The Morgan fingerprint density at radius 2 is 2.05 bits per heavy atom. The van der Waals surface area contributed by atoms with Crippen molar-refractivity contribution in [2.75, 3.05) is 13.7 Å². The molecule has 0 amide bonds. The number of hydrogen-bond acceptors (Lipinski definition) is 4. The lowest BCUT2D eigenvalue weighted by Gasteiger charge is -2.11. The van der Waals surface area contributed by atoms with Gasteiger partial charge in [-0.1, -0.05) is 13.0 Å². The summed E-state index contributed by atoms with van der Waals surface area (Å²) in [6.07, 6.45) is 1.73. The molecule has 0 saturated heterocycles. The van der Waals surface area contributed by atoms with Crippen molar-refractivity contribution in [1.82, 2.24) is 10.3 Å². The lowest BCUT2D eigenvalue weighted by molar-refractivity contribution is 0.406. The maximum absolute atomic E-state index is 5.85. The van der Waals surface area contributed by atoms with Crippen molar-refractivity contribution in [3.05, 3.63) is 46.6 Å². The molecule has 1 aromatic carbocycles. The van der Waals surface area contributed by atoms with E-state index in [0.29, 0.717) is 18.2 Å². The zero-order valence-electron chi connectivity index (χ0n) is 11.5. The SMILES string of the molecule is CCNCc1cc(Br)cnc1Oc1cccc(OC)c1. The van der Waals surface area contributed by atoms with Crippen LogP contribution in [-0.2, 0) is 6.54 Å². The molecule has 20 heavy (non-hydrogen) atoms. The fraction of sp³-hybridized carbons (Fsp3) is 0.267. The summed E-state index contributed by atoms with van der Waals surface area (Å²) in [6, 6.07) is 9.48. The first-order valence-corrected chi connectivity index (χ1v) is 7.19. The highest BCUT2D eigenvalue weighted by molar-refractivity contribution is 9.10. The van der Waals surface area contributed by atoms with E-state index in [0.717, 1.165) is 22.3 Å². The number of ether oxygens (including phenoxy) is 2. The number of aromatic nitrogens is 1. The monoisotopic (exact) mass is 336 g/mol. The summed E-state index contributed by atoms with van der Waals surface area (Å²) in [5.74, 6) is 2.06. The van der Waals surface area contributed by atoms with E-state index in [9.17, 15) is 0 Å². The quantitative estimate of drug-likeness (QED) is 0.872. The van der Waals surface area contributed by atoms with E-state index in [1.54, 1.807) is 13.3 Å². The van der Waals surface area contributed by atoms with E-state index < -0.39 is 0 Å². The normalized spacial score (nSPS) is 10.3. The van der Waals surface area contributed by atoms with Crippen molar-refractivity contribution < 1.29 is 9.47 Å². The molecule has 0 aliphatic rings. The molecule has 2 rings (SSSR count). The van der Waals surface area contributed by atoms with Crippen LogP contribution in [0.1, 0.15) is 12.5 Å². The van der Waals surface area contributed by atoms with Gasteiger partial charge in [0.15, 0.2) is 0 Å². The van der Waals surface area contributed by atoms with Gasteiger partial charge in [-0.25, -0.2) is 4.98 Å². The minimum Gasteiger partial charge on any atom is -0.497 e. The molecule has 0 aliphatic carbocycles. The molecule has 0 aliphatic heterocycles. The van der Waals surface area contributed by atoms with E-state index in [1.165, 1.54) is 0 Å². The average Bonchev–Trinajstić information content (AvgIpc) is 2.47. The standard InChI is InChI=1S/C15H17BrN2O2/c1-3-17-9-11-7-12(16)10-18-15(11)20-14-6-4-5-13(8-14)19-2/h4-8,10,17H,3,9H2,1-2H3. The molecule has 0 fully saturated rings. The second-order valence-corrected chi connectivity index (χ2v) is 5.09. The third-order valence-electron chi connectivity index (χ3n) is 2.71. The van der Waals surface area contributed by atoms with Crippen LogP contribution in [0.5, 0.6) is 17.4 Å². The van der Waals surface area contributed by atoms with Crippen LogP contribution in [-0.4, -0.2) is 18.6 Å². The second kappa shape index (κ2) is 7.26. The predicted octanol–water partition coefficient (Wildman–Crippen LogP) is 3.75. The molecule has 0 atom stereocenters. The highest BCUT2D eigenvalue weighted by Gasteiger charge is 2.08. The Bertz CT molecular complexity index is 576. The first-order chi connectivity index (χ1) is 9.72. The molecular weight excluding hydrogens is 320 g/mol. The van der Waals surface area contributed by atoms with Gasteiger partial charge in [-0.2, -0.15) is 0 Å². The zero-order valence-corrected chi connectivity index (χ0v) is 13.1. The number of halogens is 1. The van der Waals surface area contributed by atoms with Crippen LogP contribution >= 0.6 is 15.9 Å². The molecule has 0 saturated carbocycles. The summed E-state index contributed by atoms with van der Waals surface area (Å²) in [7, 11) is 1.63. The lowest BCUT2D eigenvalue weighted by Crippen LogP contribution is -2.12. The Morgan fingerprint density at radius 3 is 2.80 bits per heavy atom. The van der Waals surface area contributed by atoms with Crippen LogP contribution in [0.3, 0.4) is 0 Å². The molecule has 4 nitrogen and oxygen atoms in total. The van der Waals surface area contributed by atoms with Crippen LogP contribution in [0, 0.1) is 0 Å². The average molecular weight is 337 g/mol. The van der Waals surface area contributed by atoms with Gasteiger partial charge in [0.25, 0.3) is 0 Å². The van der Waals surface area contributed by atoms with E-state index in [-0.39, 0.29) is 0 Å². The van der Waals surface area contributed by atoms with Crippen LogP contribution < -0.4 is 14.8 Å². The lowest BCUT2D eigenvalue weighted by atomic mass is 10.2. The number of benzene rings is 1. The number of nitrogens with zero attached hydrogens (tertiary/aromatic N) is 1. The largest absolute Gasteiger partial charge is 0.497 e. The highest BCUT2D eigenvalue weighted by Crippen LogP contribution is 2.27. The number of pyridine rings is 1. The molecule has 0 unspecified atom stereocenters. The first kappa shape index (κ1) is 14.8. The number of rotatable bonds is 6. The number of hydrogen-bond donors (Lipinski definition) is 1. The molecule has 1 heterocycles. The molecule has 0 bridgehead atoms. The summed E-state index contributed by atoms with van der Waals surface area (Å²) in [5, 5.41) is 3.27. The molecule has 106 valence electrons. The Kier molecular flexibility index (Phi) is 5.38. The molecule has 1 N–H and O–H groups in total. The third-order valence-corrected chi connectivity index (χ3v) is 3.15. The maximum atomic E-state index is 5.85. The molecule has 0 spiro atoms. The Labute approximate surface area is 127 Å². The molecular formula is C15H17BrN2O2. The van der Waals surface area contributed by atoms with Crippen LogP contribution in [0.15, 0.2) is 41.0 Å². The van der Waals surface area contributed by atoms with Gasteiger partial charge in [0.2, 0.25) is 5.88 Å². The number of methoxy groups -OCH3 is 1. The van der Waals surface area contributed by atoms with Gasteiger partial charge in [-0.15, -0.1) is 0 Å². The third kappa shape index (κ3) is 3.95. The van der Waals surface area contributed by atoms with Gasteiger partial charge in [0.05, 0.1) is 7.11 Å². The fourth-order valence-electron chi connectivity index (χ4n) is 1.72.